The summed E-state index contributed by atoms with van der Waals surface area (Å²) in [6.07, 6.45) is 2.94. The molecule has 1 rings (SSSR count). The number of halogens is 1. The van der Waals surface area contributed by atoms with Crippen molar-refractivity contribution in [3.8, 4) is 0 Å². The summed E-state index contributed by atoms with van der Waals surface area (Å²) in [5.41, 5.74) is -0.0956. The molecule has 1 heterocycles. The molecule has 0 saturated carbocycles. The number of anilines is 1. The molecule has 0 amide bonds. The van der Waals surface area contributed by atoms with Crippen molar-refractivity contribution >= 4 is 17.3 Å². The molecule has 5 nitrogen and oxygen atoms in total. The van der Waals surface area contributed by atoms with Crippen LogP contribution in [0.1, 0.15) is 46.6 Å². The molecular weight excluding hydrogens is 266 g/mol. The maximum Gasteiger partial charge on any atom is 0.287 e. The van der Waals surface area contributed by atoms with Gasteiger partial charge in [0.2, 0.25) is 0 Å². The molecule has 2 N–H and O–H groups in total. The van der Waals surface area contributed by atoms with Gasteiger partial charge in [-0.25, -0.2) is 4.68 Å². The number of hydrogen-bond acceptors (Lipinski definition) is 4. The minimum atomic E-state index is -0.309. The molecule has 1 aromatic rings. The fraction of sp³-hybridized carbons (Fsp3) is 0.692. The average molecular weight is 288 g/mol. The molecule has 0 aliphatic rings. The first-order valence-corrected chi connectivity index (χ1v) is 6.88. The second-order valence-electron chi connectivity index (χ2n) is 5.23. The Labute approximate surface area is 118 Å². The van der Waals surface area contributed by atoms with Crippen molar-refractivity contribution in [3.05, 3.63) is 21.6 Å². The van der Waals surface area contributed by atoms with Gasteiger partial charge in [-0.3, -0.25) is 4.79 Å². The maximum absolute atomic E-state index is 12.0. The van der Waals surface area contributed by atoms with E-state index in [-0.39, 0.29) is 28.8 Å². The molecule has 1 atom stereocenters. The SMILES string of the molecule is CCC(C)(CCO)Nc1cnn(C(C)C)c(=O)c1Cl. The Hall–Kier alpha value is -1.07. The summed E-state index contributed by atoms with van der Waals surface area (Å²) >= 11 is 6.11. The first-order chi connectivity index (χ1) is 8.84. The molecule has 0 spiro atoms. The lowest BCUT2D eigenvalue weighted by Crippen LogP contribution is -2.36. The highest BCUT2D eigenvalue weighted by Crippen LogP contribution is 2.25. The summed E-state index contributed by atoms with van der Waals surface area (Å²) in [6, 6.07) is -0.0333. The molecule has 0 fully saturated rings. The highest BCUT2D eigenvalue weighted by molar-refractivity contribution is 6.32. The van der Waals surface area contributed by atoms with E-state index in [1.54, 1.807) is 6.20 Å². The second kappa shape index (κ2) is 6.39. The lowest BCUT2D eigenvalue weighted by Gasteiger charge is -2.30. The molecule has 0 radical (unpaired) electrons. The maximum atomic E-state index is 12.0. The second-order valence-corrected chi connectivity index (χ2v) is 5.61. The highest BCUT2D eigenvalue weighted by Gasteiger charge is 2.23. The summed E-state index contributed by atoms with van der Waals surface area (Å²) in [6.45, 7) is 7.82. The van der Waals surface area contributed by atoms with Gasteiger partial charge in [0, 0.05) is 12.1 Å². The third-order valence-corrected chi connectivity index (χ3v) is 3.68. The van der Waals surface area contributed by atoms with Crippen LogP contribution >= 0.6 is 11.6 Å². The van der Waals surface area contributed by atoms with Gasteiger partial charge in [0.1, 0.15) is 5.02 Å². The van der Waals surface area contributed by atoms with Crippen LogP contribution in [0, 0.1) is 0 Å². The van der Waals surface area contributed by atoms with Crippen LogP contribution in [-0.4, -0.2) is 27.0 Å². The van der Waals surface area contributed by atoms with Crippen LogP contribution in [-0.2, 0) is 0 Å². The molecule has 0 bridgehead atoms. The minimum absolute atomic E-state index is 0.0333. The molecule has 0 aliphatic heterocycles. The molecule has 19 heavy (non-hydrogen) atoms. The number of nitrogens with zero attached hydrogens (tertiary/aromatic N) is 2. The first kappa shape index (κ1) is 16.0. The van der Waals surface area contributed by atoms with E-state index < -0.39 is 0 Å². The molecule has 108 valence electrons. The zero-order valence-corrected chi connectivity index (χ0v) is 12.7. The Bertz CT molecular complexity index is 487. The van der Waals surface area contributed by atoms with Gasteiger partial charge in [0.25, 0.3) is 5.56 Å². The third kappa shape index (κ3) is 3.70. The largest absolute Gasteiger partial charge is 0.396 e. The highest BCUT2D eigenvalue weighted by atomic mass is 35.5. The fourth-order valence-electron chi connectivity index (χ4n) is 1.80. The Morgan fingerprint density at radius 2 is 2.21 bits per heavy atom. The monoisotopic (exact) mass is 287 g/mol. The quantitative estimate of drug-likeness (QED) is 0.843. The zero-order valence-electron chi connectivity index (χ0n) is 11.9. The third-order valence-electron chi connectivity index (χ3n) is 3.31. The molecule has 1 unspecified atom stereocenters. The smallest absolute Gasteiger partial charge is 0.287 e. The summed E-state index contributed by atoms with van der Waals surface area (Å²) in [4.78, 5) is 12.0. The van der Waals surface area contributed by atoms with Crippen LogP contribution in [0.3, 0.4) is 0 Å². The Balaban J connectivity index is 3.10. The van der Waals surface area contributed by atoms with Crippen molar-refractivity contribution in [2.24, 2.45) is 0 Å². The predicted octanol–water partition coefficient (Wildman–Crippen LogP) is 2.44. The van der Waals surface area contributed by atoms with Gasteiger partial charge in [-0.2, -0.15) is 5.10 Å². The van der Waals surface area contributed by atoms with Crippen LogP contribution in [0.25, 0.3) is 0 Å². The van der Waals surface area contributed by atoms with Crippen molar-refractivity contribution in [3.63, 3.8) is 0 Å². The van der Waals surface area contributed by atoms with Gasteiger partial charge in [0.05, 0.1) is 17.9 Å². The summed E-state index contributed by atoms with van der Waals surface area (Å²) in [5.74, 6) is 0. The van der Waals surface area contributed by atoms with E-state index in [9.17, 15) is 4.79 Å². The van der Waals surface area contributed by atoms with Gasteiger partial charge < -0.3 is 10.4 Å². The number of nitrogens with one attached hydrogen (secondary N) is 1. The van der Waals surface area contributed by atoms with E-state index in [2.05, 4.69) is 10.4 Å². The molecule has 1 aromatic heterocycles. The predicted molar refractivity (Wildman–Crippen MR) is 77.9 cm³/mol. The molecule has 6 heteroatoms. The Kier molecular flexibility index (Phi) is 5.38. The van der Waals surface area contributed by atoms with Gasteiger partial charge >= 0.3 is 0 Å². The Morgan fingerprint density at radius 3 is 2.68 bits per heavy atom. The van der Waals surface area contributed by atoms with Crippen molar-refractivity contribution < 1.29 is 5.11 Å². The van der Waals surface area contributed by atoms with Crippen LogP contribution in [0.5, 0.6) is 0 Å². The van der Waals surface area contributed by atoms with E-state index in [0.29, 0.717) is 12.1 Å². The summed E-state index contributed by atoms with van der Waals surface area (Å²) in [5, 5.41) is 16.6. The topological polar surface area (TPSA) is 67.2 Å². The number of aliphatic hydroxyl groups is 1. The lowest BCUT2D eigenvalue weighted by atomic mass is 9.94. The van der Waals surface area contributed by atoms with Gasteiger partial charge in [-0.1, -0.05) is 18.5 Å². The van der Waals surface area contributed by atoms with Crippen LogP contribution < -0.4 is 10.9 Å². The van der Waals surface area contributed by atoms with E-state index in [1.165, 1.54) is 4.68 Å². The van der Waals surface area contributed by atoms with Crippen molar-refractivity contribution in [2.45, 2.75) is 52.1 Å². The van der Waals surface area contributed by atoms with Crippen LogP contribution in [0.4, 0.5) is 5.69 Å². The van der Waals surface area contributed by atoms with E-state index >= 15 is 0 Å². The van der Waals surface area contributed by atoms with Gasteiger partial charge in [-0.05, 0) is 33.6 Å². The summed E-state index contributed by atoms with van der Waals surface area (Å²) < 4.78 is 1.35. The fourth-order valence-corrected chi connectivity index (χ4v) is 1.98. The lowest BCUT2D eigenvalue weighted by molar-refractivity contribution is 0.252. The van der Waals surface area contributed by atoms with E-state index in [0.717, 1.165) is 6.42 Å². The molecule has 0 aliphatic carbocycles. The zero-order chi connectivity index (χ0) is 14.6. The van der Waals surface area contributed by atoms with Crippen molar-refractivity contribution in [1.82, 2.24) is 9.78 Å². The number of hydrogen-bond donors (Lipinski definition) is 2. The number of aromatic nitrogens is 2. The minimum Gasteiger partial charge on any atom is -0.396 e. The molecular formula is C13H22ClN3O2. The van der Waals surface area contributed by atoms with E-state index in [1.807, 2.05) is 27.7 Å². The first-order valence-electron chi connectivity index (χ1n) is 6.51. The Morgan fingerprint density at radius 1 is 1.58 bits per heavy atom. The number of aliphatic hydroxyl groups excluding tert-OH is 1. The normalized spacial score (nSPS) is 14.5. The standard InChI is InChI=1S/C13H22ClN3O2/c1-5-13(4,6-7-18)16-10-8-15-17(9(2)3)12(19)11(10)14/h8-9,16,18H,5-7H2,1-4H3. The van der Waals surface area contributed by atoms with Crippen molar-refractivity contribution in [1.29, 1.82) is 0 Å². The van der Waals surface area contributed by atoms with Crippen molar-refractivity contribution in [2.75, 3.05) is 11.9 Å². The van der Waals surface area contributed by atoms with Crippen LogP contribution in [0.2, 0.25) is 5.02 Å². The van der Waals surface area contributed by atoms with Gasteiger partial charge in [0.15, 0.2) is 0 Å². The number of rotatable bonds is 6. The van der Waals surface area contributed by atoms with E-state index in [4.69, 9.17) is 16.7 Å². The molecule has 0 saturated heterocycles. The summed E-state index contributed by atoms with van der Waals surface area (Å²) in [7, 11) is 0. The van der Waals surface area contributed by atoms with Gasteiger partial charge in [-0.15, -0.1) is 0 Å². The average Bonchev–Trinajstić information content (AvgIpc) is 2.35. The molecule has 0 aromatic carbocycles. The van der Waals surface area contributed by atoms with Crippen LogP contribution in [0.15, 0.2) is 11.0 Å².